The Kier molecular flexibility index (Phi) is 9.19. The quantitative estimate of drug-likeness (QED) is 0.226. The van der Waals surface area contributed by atoms with Crippen molar-refractivity contribution in [2.45, 2.75) is 82.5 Å². The molecule has 12 nitrogen and oxygen atoms in total. The molecule has 43 heavy (non-hydrogen) atoms. The summed E-state index contributed by atoms with van der Waals surface area (Å²) in [5, 5.41) is 14.9. The van der Waals surface area contributed by atoms with E-state index in [4.69, 9.17) is 18.5 Å². The zero-order chi connectivity index (χ0) is 30.8. The molecule has 0 radical (unpaired) electrons. The Morgan fingerprint density at radius 2 is 1.93 bits per heavy atom. The van der Waals surface area contributed by atoms with E-state index in [1.807, 2.05) is 23.2 Å². The van der Waals surface area contributed by atoms with Crippen LogP contribution in [0, 0.1) is 5.82 Å². The number of H-pyrrole nitrogens is 1. The van der Waals surface area contributed by atoms with Crippen LogP contribution in [0.25, 0.3) is 10.8 Å². The monoisotopic (exact) mass is 619 g/mol. The summed E-state index contributed by atoms with van der Waals surface area (Å²) in [6.07, 6.45) is 2.49. The maximum Gasteiger partial charge on any atom is 0.459 e. The van der Waals surface area contributed by atoms with E-state index >= 15 is 0 Å². The van der Waals surface area contributed by atoms with Gasteiger partial charge in [0.1, 0.15) is 29.7 Å². The van der Waals surface area contributed by atoms with Crippen molar-refractivity contribution >= 4 is 24.5 Å². The molecule has 14 heteroatoms. The summed E-state index contributed by atoms with van der Waals surface area (Å²) in [7, 11) is -4.34. The van der Waals surface area contributed by atoms with Gasteiger partial charge in [0, 0.05) is 11.8 Å². The molecule has 2 fully saturated rings. The van der Waals surface area contributed by atoms with E-state index in [2.05, 4.69) is 5.09 Å². The molecule has 2 aliphatic rings. The second-order valence-electron chi connectivity index (χ2n) is 11.1. The van der Waals surface area contributed by atoms with Gasteiger partial charge in [-0.15, -0.1) is 0 Å². The van der Waals surface area contributed by atoms with Crippen LogP contribution in [0.1, 0.15) is 52.4 Å². The highest BCUT2D eigenvalue weighted by atomic mass is 31.2. The molecule has 2 unspecified atom stereocenters. The zero-order valence-electron chi connectivity index (χ0n) is 23.9. The molecule has 1 aliphatic heterocycles. The Hall–Kier alpha value is -3.35. The van der Waals surface area contributed by atoms with Crippen molar-refractivity contribution in [2.75, 3.05) is 6.61 Å². The number of hydrogen-bond acceptors (Lipinski definition) is 9. The lowest BCUT2D eigenvalue weighted by molar-refractivity contribution is -0.152. The number of rotatable bonds is 10. The largest absolute Gasteiger partial charge is 0.461 e. The standard InChI is InChI=1S/C29H35FN3O9P/c1-18(27(36)40-20-11-4-3-5-12-20)32-43(38,42-24-14-8-10-19-9-6-7-13-21(19)24)39-17-25-23(34)15-29(2,41-25)33-16-22(30)26(35)31-28(33)37/h6-10,13-14,16,18,20,23,25,34H,3-5,11-12,15,17H2,1-2H3,(H,32,38)(H,31,35,37)/t18-,23?,25+,29+,43?/m0/s1. The number of aromatic nitrogens is 2. The van der Waals surface area contributed by atoms with Crippen molar-refractivity contribution in [1.29, 1.82) is 0 Å². The molecule has 5 rings (SSSR count). The van der Waals surface area contributed by atoms with E-state index < -0.39 is 61.4 Å². The fraction of sp³-hybridized carbons (Fsp3) is 0.483. The summed E-state index contributed by atoms with van der Waals surface area (Å²) >= 11 is 0. The van der Waals surface area contributed by atoms with Crippen LogP contribution in [0.3, 0.4) is 0 Å². The molecule has 3 aromatic rings. The number of carbonyl (C=O) groups excluding carboxylic acids is 1. The Morgan fingerprint density at radius 3 is 2.70 bits per heavy atom. The number of hydrogen-bond donors (Lipinski definition) is 3. The third-order valence-corrected chi connectivity index (χ3v) is 9.38. The average Bonchev–Trinajstić information content (AvgIpc) is 3.28. The van der Waals surface area contributed by atoms with E-state index in [-0.39, 0.29) is 18.3 Å². The van der Waals surface area contributed by atoms with E-state index in [1.54, 1.807) is 24.3 Å². The molecule has 0 amide bonds. The number of fused-ring (bicyclic) bond motifs is 1. The highest BCUT2D eigenvalue weighted by Crippen LogP contribution is 2.48. The topological polar surface area (TPSA) is 158 Å². The van der Waals surface area contributed by atoms with Crippen LogP contribution >= 0.6 is 7.75 Å². The highest BCUT2D eigenvalue weighted by molar-refractivity contribution is 7.52. The van der Waals surface area contributed by atoms with Crippen LogP contribution in [0.15, 0.2) is 58.3 Å². The van der Waals surface area contributed by atoms with E-state index in [9.17, 15) is 28.4 Å². The van der Waals surface area contributed by atoms with Gasteiger partial charge in [-0.25, -0.2) is 9.36 Å². The summed E-state index contributed by atoms with van der Waals surface area (Å²) in [4.78, 5) is 38.7. The molecule has 1 aliphatic carbocycles. The minimum Gasteiger partial charge on any atom is -0.461 e. The zero-order valence-corrected chi connectivity index (χ0v) is 24.8. The molecule has 2 aromatic carbocycles. The predicted octanol–water partition coefficient (Wildman–Crippen LogP) is 3.71. The first kappa shape index (κ1) is 31.1. The van der Waals surface area contributed by atoms with Crippen LogP contribution in [0.2, 0.25) is 0 Å². The fourth-order valence-corrected chi connectivity index (χ4v) is 7.00. The van der Waals surface area contributed by atoms with Gasteiger partial charge >= 0.3 is 19.4 Å². The summed E-state index contributed by atoms with van der Waals surface area (Å²) < 4.78 is 52.3. The minimum atomic E-state index is -4.34. The number of nitrogens with zero attached hydrogens (tertiary/aromatic N) is 1. The molecule has 2 heterocycles. The smallest absolute Gasteiger partial charge is 0.459 e. The first-order valence-corrected chi connectivity index (χ1v) is 15.8. The molecule has 232 valence electrons. The fourth-order valence-electron chi connectivity index (χ4n) is 5.48. The van der Waals surface area contributed by atoms with Crippen LogP contribution in [0.4, 0.5) is 4.39 Å². The van der Waals surface area contributed by atoms with Crippen LogP contribution in [-0.2, 0) is 29.1 Å². The van der Waals surface area contributed by atoms with Crippen molar-refractivity contribution in [2.24, 2.45) is 0 Å². The number of aliphatic hydroxyl groups is 1. The van der Waals surface area contributed by atoms with Crippen molar-refractivity contribution in [3.63, 3.8) is 0 Å². The lowest BCUT2D eigenvalue weighted by Gasteiger charge is -2.28. The van der Waals surface area contributed by atoms with Gasteiger partial charge in [-0.3, -0.25) is 23.7 Å². The first-order chi connectivity index (χ1) is 20.5. The van der Waals surface area contributed by atoms with Crippen molar-refractivity contribution in [3.8, 4) is 5.75 Å². The van der Waals surface area contributed by atoms with Gasteiger partial charge in [0.25, 0.3) is 5.56 Å². The van der Waals surface area contributed by atoms with Crippen LogP contribution in [-0.4, -0.2) is 51.6 Å². The van der Waals surface area contributed by atoms with E-state index in [0.717, 1.165) is 42.1 Å². The summed E-state index contributed by atoms with van der Waals surface area (Å²) in [5.74, 6) is -1.58. The molecule has 0 spiro atoms. The third kappa shape index (κ3) is 7.08. The summed E-state index contributed by atoms with van der Waals surface area (Å²) in [5.41, 5.74) is -3.67. The highest BCUT2D eigenvalue weighted by Gasteiger charge is 2.46. The van der Waals surface area contributed by atoms with Gasteiger partial charge in [-0.2, -0.15) is 9.48 Å². The van der Waals surface area contributed by atoms with Crippen molar-refractivity contribution < 1.29 is 37.4 Å². The Labute approximate surface area is 246 Å². The van der Waals surface area contributed by atoms with E-state index in [0.29, 0.717) is 11.6 Å². The van der Waals surface area contributed by atoms with Gasteiger partial charge in [0.15, 0.2) is 0 Å². The predicted molar refractivity (Wildman–Crippen MR) is 154 cm³/mol. The van der Waals surface area contributed by atoms with Gasteiger partial charge in [0.05, 0.1) is 18.9 Å². The van der Waals surface area contributed by atoms with Crippen LogP contribution in [0.5, 0.6) is 5.75 Å². The maximum atomic E-state index is 14.2. The SMILES string of the molecule is C[C@H](NP(=O)(OC[C@H]1O[C@@](C)(n2cc(F)c(=O)[nH]c2=O)CC1O)Oc1cccc2ccccc12)C(=O)OC1CCCCC1. The Balaban J connectivity index is 1.36. The third-order valence-electron chi connectivity index (χ3n) is 7.75. The molecular weight excluding hydrogens is 584 g/mol. The van der Waals surface area contributed by atoms with Crippen molar-refractivity contribution in [3.05, 3.63) is 75.3 Å². The normalized spacial score (nSPS) is 24.8. The Morgan fingerprint density at radius 1 is 1.21 bits per heavy atom. The number of ether oxygens (including phenoxy) is 2. The lowest BCUT2D eigenvalue weighted by Crippen LogP contribution is -2.43. The van der Waals surface area contributed by atoms with Gasteiger partial charge in [0.2, 0.25) is 5.82 Å². The number of halogens is 1. The molecule has 3 N–H and O–H groups in total. The van der Waals surface area contributed by atoms with Gasteiger partial charge in [-0.05, 0) is 51.0 Å². The summed E-state index contributed by atoms with van der Waals surface area (Å²) in [6, 6.07) is 11.4. The number of esters is 1. The molecule has 1 saturated heterocycles. The molecule has 1 aromatic heterocycles. The van der Waals surface area contributed by atoms with Crippen LogP contribution < -0.4 is 20.9 Å². The minimum absolute atomic E-state index is 0.168. The second kappa shape index (κ2) is 12.7. The average molecular weight is 620 g/mol. The number of benzene rings is 2. The van der Waals surface area contributed by atoms with Gasteiger partial charge in [-0.1, -0.05) is 42.8 Å². The second-order valence-corrected chi connectivity index (χ2v) is 12.8. The molecule has 0 bridgehead atoms. The Bertz CT molecular complexity index is 1630. The molecule has 1 saturated carbocycles. The maximum absolute atomic E-state index is 14.2. The molecular formula is C29H35FN3O9P. The summed E-state index contributed by atoms with van der Waals surface area (Å²) in [6.45, 7) is 2.43. The molecule has 5 atom stereocenters. The number of aliphatic hydroxyl groups excluding tert-OH is 1. The lowest BCUT2D eigenvalue weighted by atomic mass is 9.98. The van der Waals surface area contributed by atoms with Gasteiger partial charge < -0.3 is 19.1 Å². The number of aromatic amines is 1. The number of nitrogens with one attached hydrogen (secondary N) is 2. The van der Waals surface area contributed by atoms with E-state index in [1.165, 1.54) is 13.8 Å². The number of carbonyl (C=O) groups is 1. The first-order valence-electron chi connectivity index (χ1n) is 14.2. The van der Waals surface area contributed by atoms with Crippen molar-refractivity contribution in [1.82, 2.24) is 14.6 Å².